The zero-order valence-corrected chi connectivity index (χ0v) is 23.4. The number of para-hydroxylation sites is 2. The maximum atomic E-state index is 3.68. The van der Waals surface area contributed by atoms with E-state index < -0.39 is 5.41 Å². The maximum Gasteiger partial charge on any atom is 0.0725 e. The standard InChI is InChI=1S/C41H26N2/c1-7-15-37-25(9-1)23-39(42-37)27-17-19-31-29-11-3-5-13-33(29)41(35(31)21-27)34-14-6-4-12-30(34)32-20-18-28(22-36(32)41)40-24-26-10-2-8-16-38(26)43-40/h1-24,42-43H. The monoisotopic (exact) mass is 546 g/mol. The lowest BCUT2D eigenvalue weighted by Crippen LogP contribution is -2.26. The Hall–Kier alpha value is -5.60. The molecule has 2 heteroatoms. The SMILES string of the molecule is c1ccc2c(c1)-c1ccc(-c3cc4ccccc4[nH]3)cc1C21c2ccccc2-c2ccc(-c3cc4ccccc4[nH]3)cc21. The Morgan fingerprint density at radius 3 is 1.26 bits per heavy atom. The van der Waals surface area contributed by atoms with Gasteiger partial charge in [-0.2, -0.15) is 0 Å². The van der Waals surface area contributed by atoms with Gasteiger partial charge >= 0.3 is 0 Å². The molecule has 8 aromatic rings. The molecule has 2 N–H and O–H groups in total. The molecule has 2 heterocycles. The Kier molecular flexibility index (Phi) is 4.41. The highest BCUT2D eigenvalue weighted by Gasteiger charge is 2.51. The fourth-order valence-corrected chi connectivity index (χ4v) is 7.93. The van der Waals surface area contributed by atoms with Crippen molar-refractivity contribution in [3.63, 3.8) is 0 Å². The molecule has 2 aromatic heterocycles. The summed E-state index contributed by atoms with van der Waals surface area (Å²) in [4.78, 5) is 7.36. The van der Waals surface area contributed by atoms with Crippen LogP contribution in [-0.2, 0) is 5.41 Å². The lowest BCUT2D eigenvalue weighted by Gasteiger charge is -2.31. The van der Waals surface area contributed by atoms with Crippen molar-refractivity contribution in [2.24, 2.45) is 0 Å². The highest BCUT2D eigenvalue weighted by molar-refractivity contribution is 5.97. The number of hydrogen-bond acceptors (Lipinski definition) is 0. The van der Waals surface area contributed by atoms with Crippen molar-refractivity contribution < 1.29 is 0 Å². The third-order valence-electron chi connectivity index (χ3n) is 9.77. The molecule has 0 atom stereocenters. The molecule has 1 spiro atoms. The molecule has 0 fully saturated rings. The third kappa shape index (κ3) is 2.97. The Morgan fingerprint density at radius 2 is 0.767 bits per heavy atom. The van der Waals surface area contributed by atoms with Crippen LogP contribution in [0.5, 0.6) is 0 Å². The molecular formula is C41H26N2. The van der Waals surface area contributed by atoms with Crippen molar-refractivity contribution in [1.82, 2.24) is 9.97 Å². The molecule has 0 radical (unpaired) electrons. The molecule has 0 aliphatic heterocycles. The van der Waals surface area contributed by atoms with Gasteiger partial charge in [-0.15, -0.1) is 0 Å². The highest BCUT2D eigenvalue weighted by atomic mass is 14.7. The summed E-state index contributed by atoms with van der Waals surface area (Å²) in [6, 6.07) is 53.8. The Balaban J connectivity index is 1.28. The van der Waals surface area contributed by atoms with Crippen LogP contribution < -0.4 is 0 Å². The fourth-order valence-electron chi connectivity index (χ4n) is 7.93. The summed E-state index contributed by atoms with van der Waals surface area (Å²) >= 11 is 0. The molecule has 2 aliphatic rings. The Labute approximate surface area is 249 Å². The molecule has 0 amide bonds. The van der Waals surface area contributed by atoms with E-state index in [1.807, 2.05) is 0 Å². The first kappa shape index (κ1) is 23.0. The number of rotatable bonds is 2. The quantitative estimate of drug-likeness (QED) is 0.216. The number of nitrogens with one attached hydrogen (secondary N) is 2. The summed E-state index contributed by atoms with van der Waals surface area (Å²) in [6.07, 6.45) is 0. The number of aromatic nitrogens is 2. The van der Waals surface area contributed by atoms with E-state index in [9.17, 15) is 0 Å². The van der Waals surface area contributed by atoms with Gasteiger partial charge in [0.25, 0.3) is 0 Å². The molecule has 6 aromatic carbocycles. The van der Waals surface area contributed by atoms with E-state index in [1.165, 1.54) is 66.4 Å². The van der Waals surface area contributed by atoms with Crippen molar-refractivity contribution in [3.8, 4) is 44.8 Å². The van der Waals surface area contributed by atoms with Crippen molar-refractivity contribution in [1.29, 1.82) is 0 Å². The van der Waals surface area contributed by atoms with Crippen LogP contribution in [0.15, 0.2) is 146 Å². The average molecular weight is 547 g/mol. The van der Waals surface area contributed by atoms with Gasteiger partial charge in [0.1, 0.15) is 0 Å². The first-order valence-electron chi connectivity index (χ1n) is 14.9. The second kappa shape index (κ2) is 8.24. The van der Waals surface area contributed by atoms with Gasteiger partial charge < -0.3 is 9.97 Å². The largest absolute Gasteiger partial charge is 0.355 e. The molecule has 200 valence electrons. The Bertz CT molecular complexity index is 2180. The van der Waals surface area contributed by atoms with Crippen LogP contribution in [0.1, 0.15) is 22.3 Å². The van der Waals surface area contributed by atoms with Crippen LogP contribution >= 0.6 is 0 Å². The summed E-state index contributed by atoms with van der Waals surface area (Å²) in [5.74, 6) is 0. The minimum absolute atomic E-state index is 0.401. The van der Waals surface area contributed by atoms with Crippen LogP contribution in [0, 0.1) is 0 Å². The van der Waals surface area contributed by atoms with Gasteiger partial charge in [0.15, 0.2) is 0 Å². The van der Waals surface area contributed by atoms with E-state index in [-0.39, 0.29) is 0 Å². The first-order valence-corrected chi connectivity index (χ1v) is 14.9. The fraction of sp³-hybridized carbons (Fsp3) is 0.0244. The van der Waals surface area contributed by atoms with Crippen LogP contribution in [-0.4, -0.2) is 9.97 Å². The average Bonchev–Trinajstić information content (AvgIpc) is 3.82. The minimum Gasteiger partial charge on any atom is -0.355 e. The third-order valence-corrected chi connectivity index (χ3v) is 9.77. The van der Waals surface area contributed by atoms with Gasteiger partial charge in [-0.1, -0.05) is 109 Å². The molecular weight excluding hydrogens is 520 g/mol. The predicted octanol–water partition coefficient (Wildman–Crippen LogP) is 10.3. The maximum absolute atomic E-state index is 3.68. The van der Waals surface area contributed by atoms with Crippen LogP contribution in [0.25, 0.3) is 66.6 Å². The van der Waals surface area contributed by atoms with Gasteiger partial charge in [-0.05, 0) is 92.0 Å². The number of benzene rings is 6. The van der Waals surface area contributed by atoms with E-state index in [4.69, 9.17) is 0 Å². The van der Waals surface area contributed by atoms with Crippen LogP contribution in [0.2, 0.25) is 0 Å². The van der Waals surface area contributed by atoms with Crippen molar-refractivity contribution >= 4 is 21.8 Å². The molecule has 0 saturated heterocycles. The summed E-state index contributed by atoms with van der Waals surface area (Å²) in [5.41, 5.74) is 17.3. The van der Waals surface area contributed by atoms with Crippen molar-refractivity contribution in [2.45, 2.75) is 5.41 Å². The van der Waals surface area contributed by atoms with Crippen molar-refractivity contribution in [3.05, 3.63) is 168 Å². The van der Waals surface area contributed by atoms with E-state index in [2.05, 4.69) is 156 Å². The topological polar surface area (TPSA) is 31.6 Å². The summed E-state index contributed by atoms with van der Waals surface area (Å²) in [7, 11) is 0. The zero-order valence-electron chi connectivity index (χ0n) is 23.4. The van der Waals surface area contributed by atoms with Gasteiger partial charge in [-0.3, -0.25) is 0 Å². The second-order valence-corrected chi connectivity index (χ2v) is 11.9. The summed E-state index contributed by atoms with van der Waals surface area (Å²) in [6.45, 7) is 0. The normalized spacial score (nSPS) is 13.8. The first-order chi connectivity index (χ1) is 21.3. The highest BCUT2D eigenvalue weighted by Crippen LogP contribution is 2.63. The lowest BCUT2D eigenvalue weighted by molar-refractivity contribution is 0.794. The van der Waals surface area contributed by atoms with Gasteiger partial charge in [0.2, 0.25) is 0 Å². The van der Waals surface area contributed by atoms with Crippen molar-refractivity contribution in [2.75, 3.05) is 0 Å². The number of fused-ring (bicyclic) bond motifs is 12. The summed E-state index contributed by atoms with van der Waals surface area (Å²) < 4.78 is 0. The molecule has 0 unspecified atom stereocenters. The minimum atomic E-state index is -0.401. The Morgan fingerprint density at radius 1 is 0.349 bits per heavy atom. The van der Waals surface area contributed by atoms with E-state index in [0.29, 0.717) is 0 Å². The molecule has 2 aliphatic carbocycles. The number of H-pyrrole nitrogens is 2. The lowest BCUT2D eigenvalue weighted by atomic mass is 9.70. The van der Waals surface area contributed by atoms with Gasteiger partial charge in [-0.25, -0.2) is 0 Å². The number of hydrogen-bond donors (Lipinski definition) is 2. The van der Waals surface area contributed by atoms with Crippen LogP contribution in [0.3, 0.4) is 0 Å². The zero-order chi connectivity index (χ0) is 28.1. The molecule has 43 heavy (non-hydrogen) atoms. The van der Waals surface area contributed by atoms with Gasteiger partial charge in [0, 0.05) is 33.2 Å². The van der Waals surface area contributed by atoms with Gasteiger partial charge in [0.05, 0.1) is 5.41 Å². The molecule has 0 saturated carbocycles. The smallest absolute Gasteiger partial charge is 0.0725 e. The van der Waals surface area contributed by atoms with E-state index >= 15 is 0 Å². The molecule has 0 bridgehead atoms. The summed E-state index contributed by atoms with van der Waals surface area (Å²) in [5, 5.41) is 2.46. The van der Waals surface area contributed by atoms with Crippen LogP contribution in [0.4, 0.5) is 0 Å². The number of aromatic amines is 2. The van der Waals surface area contributed by atoms with E-state index in [0.717, 1.165) is 22.4 Å². The van der Waals surface area contributed by atoms with E-state index in [1.54, 1.807) is 0 Å². The molecule has 10 rings (SSSR count). The molecule has 2 nitrogen and oxygen atoms in total. The second-order valence-electron chi connectivity index (χ2n) is 11.9. The predicted molar refractivity (Wildman–Crippen MR) is 177 cm³/mol.